The smallest absolute Gasteiger partial charge is 0.178 e. The second kappa shape index (κ2) is 5.93. The van der Waals surface area contributed by atoms with Crippen LogP contribution in [0, 0.1) is 6.92 Å². The summed E-state index contributed by atoms with van der Waals surface area (Å²) in [6.07, 6.45) is 0. The van der Waals surface area contributed by atoms with Gasteiger partial charge in [0.15, 0.2) is 11.2 Å². The molecule has 2 heteroatoms. The molecule has 8 aromatic rings. The van der Waals surface area contributed by atoms with E-state index in [9.17, 15) is 0 Å². The lowest BCUT2D eigenvalue weighted by molar-refractivity contribution is 0.634. The largest absolute Gasteiger partial charge is 0.452 e. The minimum Gasteiger partial charge on any atom is -0.452 e. The molecule has 0 unspecified atom stereocenters. The third kappa shape index (κ3) is 2.33. The zero-order chi connectivity index (χ0) is 21.7. The van der Waals surface area contributed by atoms with Crippen LogP contribution in [-0.2, 0) is 0 Å². The maximum absolute atomic E-state index is 6.44. The molecule has 0 aliphatic heterocycles. The van der Waals surface area contributed by atoms with E-state index in [2.05, 4.69) is 97.9 Å². The first kappa shape index (κ1) is 17.3. The van der Waals surface area contributed by atoms with E-state index in [0.717, 1.165) is 43.9 Å². The van der Waals surface area contributed by atoms with Gasteiger partial charge in [-0.2, -0.15) is 0 Å². The van der Waals surface area contributed by atoms with Crippen molar-refractivity contribution in [3.05, 3.63) is 96.6 Å². The molecule has 0 spiro atoms. The molecule has 0 aliphatic rings. The number of hydrogen-bond acceptors (Lipinski definition) is 2. The van der Waals surface area contributed by atoms with Crippen LogP contribution >= 0.6 is 0 Å². The first-order valence-corrected chi connectivity index (χ1v) is 11.3. The molecule has 0 atom stereocenters. The molecule has 0 aliphatic carbocycles. The van der Waals surface area contributed by atoms with Gasteiger partial charge in [-0.15, -0.1) is 0 Å². The molecular weight excluding hydrogens is 404 g/mol. The fourth-order valence-electron chi connectivity index (χ4n) is 5.37. The van der Waals surface area contributed by atoms with Gasteiger partial charge in [0.05, 0.1) is 0 Å². The van der Waals surface area contributed by atoms with Crippen molar-refractivity contribution in [1.29, 1.82) is 0 Å². The van der Waals surface area contributed by atoms with Gasteiger partial charge in [0, 0.05) is 21.5 Å². The van der Waals surface area contributed by atoms with E-state index in [1.54, 1.807) is 0 Å². The average Bonchev–Trinajstić information content (AvgIpc) is 3.37. The SMILES string of the molecule is Cc1ccc2cc3oc4c(ccc5c6cc7cc8ccccc8cc7cc6oc54)c3cc2c1. The Labute approximate surface area is 188 Å². The summed E-state index contributed by atoms with van der Waals surface area (Å²) < 4.78 is 12.8. The minimum atomic E-state index is 0.818. The Morgan fingerprint density at radius 1 is 0.424 bits per heavy atom. The molecule has 33 heavy (non-hydrogen) atoms. The molecule has 0 fully saturated rings. The molecule has 8 rings (SSSR count). The molecule has 2 nitrogen and oxygen atoms in total. The summed E-state index contributed by atoms with van der Waals surface area (Å²) in [4.78, 5) is 0. The summed E-state index contributed by atoms with van der Waals surface area (Å²) in [5.74, 6) is 0. The highest BCUT2D eigenvalue weighted by molar-refractivity contribution is 6.21. The van der Waals surface area contributed by atoms with Crippen molar-refractivity contribution in [2.75, 3.05) is 0 Å². The van der Waals surface area contributed by atoms with Crippen LogP contribution < -0.4 is 0 Å². The highest BCUT2D eigenvalue weighted by atomic mass is 16.4. The Hall–Kier alpha value is -4.30. The molecule has 0 N–H and O–H groups in total. The van der Waals surface area contributed by atoms with Crippen molar-refractivity contribution in [3.8, 4) is 0 Å². The fraction of sp³-hybridized carbons (Fsp3) is 0.0323. The molecule has 2 heterocycles. The van der Waals surface area contributed by atoms with Gasteiger partial charge in [-0.3, -0.25) is 0 Å². The fourth-order valence-corrected chi connectivity index (χ4v) is 5.37. The summed E-state index contributed by atoms with van der Waals surface area (Å²) in [5, 5.41) is 11.7. The van der Waals surface area contributed by atoms with Gasteiger partial charge < -0.3 is 8.83 Å². The van der Waals surface area contributed by atoms with Gasteiger partial charge in [0.25, 0.3) is 0 Å². The van der Waals surface area contributed by atoms with Gasteiger partial charge in [-0.1, -0.05) is 48.0 Å². The van der Waals surface area contributed by atoms with Crippen LogP contribution in [0.2, 0.25) is 0 Å². The molecule has 6 aromatic carbocycles. The number of furan rings is 2. The highest BCUT2D eigenvalue weighted by Crippen LogP contribution is 2.41. The molecule has 2 aromatic heterocycles. The van der Waals surface area contributed by atoms with Gasteiger partial charge >= 0.3 is 0 Å². The number of aryl methyl sites for hydroxylation is 1. The zero-order valence-corrected chi connectivity index (χ0v) is 18.0. The van der Waals surface area contributed by atoms with E-state index in [1.165, 1.54) is 37.9 Å². The maximum atomic E-state index is 6.44. The monoisotopic (exact) mass is 422 g/mol. The Balaban J connectivity index is 1.48. The third-order valence-corrected chi connectivity index (χ3v) is 7.01. The number of rotatable bonds is 0. The van der Waals surface area contributed by atoms with Crippen LogP contribution in [0.3, 0.4) is 0 Å². The molecule has 0 bridgehead atoms. The van der Waals surface area contributed by atoms with E-state index >= 15 is 0 Å². The molecular formula is C31H18O2. The predicted octanol–water partition coefficient (Wildman–Crippen LogP) is 9.25. The summed E-state index contributed by atoms with van der Waals surface area (Å²) in [7, 11) is 0. The average molecular weight is 422 g/mol. The van der Waals surface area contributed by atoms with E-state index in [4.69, 9.17) is 8.83 Å². The lowest BCUT2D eigenvalue weighted by atomic mass is 10.0. The highest BCUT2D eigenvalue weighted by Gasteiger charge is 2.17. The van der Waals surface area contributed by atoms with Crippen LogP contribution in [-0.4, -0.2) is 0 Å². The van der Waals surface area contributed by atoms with Gasteiger partial charge in [0.1, 0.15) is 11.2 Å². The van der Waals surface area contributed by atoms with E-state index in [0.29, 0.717) is 0 Å². The molecule has 0 amide bonds. The Bertz CT molecular complexity index is 2090. The van der Waals surface area contributed by atoms with Crippen molar-refractivity contribution in [2.24, 2.45) is 0 Å². The van der Waals surface area contributed by atoms with Crippen LogP contribution in [0.4, 0.5) is 0 Å². The predicted molar refractivity (Wildman–Crippen MR) is 138 cm³/mol. The summed E-state index contributed by atoms with van der Waals surface area (Å²) in [6, 6.07) is 32.6. The van der Waals surface area contributed by atoms with Crippen molar-refractivity contribution in [1.82, 2.24) is 0 Å². The topological polar surface area (TPSA) is 26.3 Å². The van der Waals surface area contributed by atoms with Gasteiger partial charge in [0.2, 0.25) is 0 Å². The quantitative estimate of drug-likeness (QED) is 0.228. The van der Waals surface area contributed by atoms with Crippen molar-refractivity contribution in [2.45, 2.75) is 6.92 Å². The maximum Gasteiger partial charge on any atom is 0.178 e. The Morgan fingerprint density at radius 3 is 1.58 bits per heavy atom. The lowest BCUT2D eigenvalue weighted by Crippen LogP contribution is -1.76. The number of hydrogen-bond donors (Lipinski definition) is 0. The van der Waals surface area contributed by atoms with E-state index in [1.807, 2.05) is 0 Å². The van der Waals surface area contributed by atoms with Crippen LogP contribution in [0.1, 0.15) is 5.56 Å². The summed E-state index contributed by atoms with van der Waals surface area (Å²) in [6.45, 7) is 2.13. The molecule has 0 saturated heterocycles. The minimum absolute atomic E-state index is 0.818. The Morgan fingerprint density at radius 2 is 0.939 bits per heavy atom. The van der Waals surface area contributed by atoms with E-state index < -0.39 is 0 Å². The summed E-state index contributed by atoms with van der Waals surface area (Å²) >= 11 is 0. The normalized spacial score (nSPS) is 12.4. The van der Waals surface area contributed by atoms with Gasteiger partial charge in [-0.25, -0.2) is 0 Å². The third-order valence-electron chi connectivity index (χ3n) is 7.01. The Kier molecular flexibility index (Phi) is 3.11. The summed E-state index contributed by atoms with van der Waals surface area (Å²) in [5.41, 5.74) is 4.68. The van der Waals surface area contributed by atoms with Crippen LogP contribution in [0.5, 0.6) is 0 Å². The van der Waals surface area contributed by atoms with Crippen LogP contribution in [0.25, 0.3) is 76.2 Å². The molecule has 154 valence electrons. The number of benzene rings is 6. The van der Waals surface area contributed by atoms with Crippen LogP contribution in [0.15, 0.2) is 99.8 Å². The second-order valence-electron chi connectivity index (χ2n) is 9.12. The van der Waals surface area contributed by atoms with Crippen molar-refractivity contribution >= 4 is 76.2 Å². The standard InChI is InChI=1S/C31H18O2/c1-17-6-7-20-15-28-26(13-21(20)10-17)24-8-9-25-27-14-22-11-18-4-2-3-5-19(18)12-23(22)16-29(27)33-31(25)30(24)32-28/h2-16H,1H3. The molecule has 0 radical (unpaired) electrons. The first-order chi connectivity index (χ1) is 16.2. The first-order valence-electron chi connectivity index (χ1n) is 11.3. The van der Waals surface area contributed by atoms with Crippen molar-refractivity contribution in [3.63, 3.8) is 0 Å². The zero-order valence-electron chi connectivity index (χ0n) is 18.0. The lowest BCUT2D eigenvalue weighted by Gasteiger charge is -2.02. The second-order valence-corrected chi connectivity index (χ2v) is 9.12. The van der Waals surface area contributed by atoms with Crippen molar-refractivity contribution < 1.29 is 8.83 Å². The van der Waals surface area contributed by atoms with E-state index in [-0.39, 0.29) is 0 Å². The van der Waals surface area contributed by atoms with Gasteiger partial charge in [-0.05, 0) is 87.8 Å². The number of fused-ring (bicyclic) bond motifs is 10. The molecule has 0 saturated carbocycles.